The number of hydrogen-bond acceptors (Lipinski definition) is 2. The van der Waals surface area contributed by atoms with Gasteiger partial charge in [-0.25, -0.2) is 4.39 Å². The SMILES string of the molecule is Fc1cncc(COc2ccc3ccccc3c2CCl)c1. The summed E-state index contributed by atoms with van der Waals surface area (Å²) in [6, 6.07) is 13.3. The summed E-state index contributed by atoms with van der Waals surface area (Å²) >= 11 is 6.07. The number of fused-ring (bicyclic) bond motifs is 1. The first-order valence-corrected chi connectivity index (χ1v) is 7.10. The summed E-state index contributed by atoms with van der Waals surface area (Å²) in [6.45, 7) is 0.257. The van der Waals surface area contributed by atoms with Gasteiger partial charge in [0.15, 0.2) is 0 Å². The summed E-state index contributed by atoms with van der Waals surface area (Å²) < 4.78 is 18.9. The molecule has 0 N–H and O–H groups in total. The summed E-state index contributed by atoms with van der Waals surface area (Å²) in [5.41, 5.74) is 1.63. The lowest BCUT2D eigenvalue weighted by Gasteiger charge is -2.12. The zero-order valence-electron chi connectivity index (χ0n) is 11.2. The Balaban J connectivity index is 1.90. The summed E-state index contributed by atoms with van der Waals surface area (Å²) in [5.74, 6) is 0.707. The lowest BCUT2D eigenvalue weighted by molar-refractivity contribution is 0.303. The van der Waals surface area contributed by atoms with Crippen molar-refractivity contribution < 1.29 is 9.13 Å². The molecule has 0 saturated heterocycles. The standard InChI is InChI=1S/C17H13ClFNO/c18-8-16-15-4-2-1-3-13(15)5-6-17(16)21-11-12-7-14(19)10-20-9-12/h1-7,9-10H,8,11H2. The van der Waals surface area contributed by atoms with Crippen molar-refractivity contribution in [1.82, 2.24) is 4.98 Å². The maximum absolute atomic E-state index is 13.1. The van der Waals surface area contributed by atoms with Gasteiger partial charge in [-0.15, -0.1) is 11.6 Å². The van der Waals surface area contributed by atoms with Gasteiger partial charge in [0.25, 0.3) is 0 Å². The van der Waals surface area contributed by atoms with Gasteiger partial charge in [-0.05, 0) is 22.9 Å². The highest BCUT2D eigenvalue weighted by Crippen LogP contribution is 2.30. The van der Waals surface area contributed by atoms with Crippen molar-refractivity contribution >= 4 is 22.4 Å². The van der Waals surface area contributed by atoms with E-state index in [0.29, 0.717) is 17.2 Å². The molecule has 0 bridgehead atoms. The second kappa shape index (κ2) is 6.10. The molecule has 3 rings (SSSR count). The van der Waals surface area contributed by atoms with Gasteiger partial charge >= 0.3 is 0 Å². The number of halogens is 2. The molecule has 0 spiro atoms. The van der Waals surface area contributed by atoms with E-state index < -0.39 is 0 Å². The molecule has 0 fully saturated rings. The van der Waals surface area contributed by atoms with E-state index in [9.17, 15) is 4.39 Å². The summed E-state index contributed by atoms with van der Waals surface area (Å²) in [5, 5.41) is 2.19. The van der Waals surface area contributed by atoms with Crippen LogP contribution in [-0.4, -0.2) is 4.98 Å². The molecule has 2 aromatic carbocycles. The maximum Gasteiger partial charge on any atom is 0.141 e. The van der Waals surface area contributed by atoms with Gasteiger partial charge in [0.1, 0.15) is 18.2 Å². The van der Waals surface area contributed by atoms with Crippen molar-refractivity contribution in [3.8, 4) is 5.75 Å². The van der Waals surface area contributed by atoms with E-state index in [-0.39, 0.29) is 12.4 Å². The smallest absolute Gasteiger partial charge is 0.141 e. The third kappa shape index (κ3) is 2.98. The van der Waals surface area contributed by atoms with Crippen molar-refractivity contribution in [1.29, 1.82) is 0 Å². The molecular weight excluding hydrogens is 289 g/mol. The lowest BCUT2D eigenvalue weighted by Crippen LogP contribution is -1.99. The van der Waals surface area contributed by atoms with Crippen LogP contribution in [0, 0.1) is 5.82 Å². The predicted octanol–water partition coefficient (Wildman–Crippen LogP) is 4.69. The molecule has 0 unspecified atom stereocenters. The summed E-state index contributed by atoms with van der Waals surface area (Å²) in [6.07, 6.45) is 2.76. The first-order chi connectivity index (χ1) is 10.3. The molecule has 0 amide bonds. The minimum absolute atomic E-state index is 0.257. The Morgan fingerprint density at radius 1 is 1.10 bits per heavy atom. The van der Waals surface area contributed by atoms with E-state index in [1.54, 1.807) is 6.20 Å². The van der Waals surface area contributed by atoms with Gasteiger partial charge in [0, 0.05) is 17.3 Å². The van der Waals surface area contributed by atoms with Gasteiger partial charge < -0.3 is 4.74 Å². The van der Waals surface area contributed by atoms with Crippen LogP contribution in [0.15, 0.2) is 54.9 Å². The molecular formula is C17H13ClFNO. The van der Waals surface area contributed by atoms with Crippen LogP contribution in [-0.2, 0) is 12.5 Å². The highest BCUT2D eigenvalue weighted by Gasteiger charge is 2.08. The Morgan fingerprint density at radius 2 is 1.95 bits per heavy atom. The molecule has 0 aliphatic carbocycles. The van der Waals surface area contributed by atoms with Gasteiger partial charge in [0.2, 0.25) is 0 Å². The van der Waals surface area contributed by atoms with Crippen LogP contribution >= 0.6 is 11.6 Å². The van der Waals surface area contributed by atoms with E-state index in [1.807, 2.05) is 36.4 Å². The van der Waals surface area contributed by atoms with Crippen LogP contribution in [0.3, 0.4) is 0 Å². The molecule has 2 nitrogen and oxygen atoms in total. The predicted molar refractivity (Wildman–Crippen MR) is 82.0 cm³/mol. The van der Waals surface area contributed by atoms with Crippen LogP contribution in [0.25, 0.3) is 10.8 Å². The Hall–Kier alpha value is -2.13. The second-order valence-electron chi connectivity index (χ2n) is 4.70. The Morgan fingerprint density at radius 3 is 2.76 bits per heavy atom. The first-order valence-electron chi connectivity index (χ1n) is 6.57. The van der Waals surface area contributed by atoms with E-state index in [0.717, 1.165) is 16.3 Å². The van der Waals surface area contributed by atoms with Gasteiger partial charge in [0.05, 0.1) is 12.1 Å². The molecule has 21 heavy (non-hydrogen) atoms. The van der Waals surface area contributed by atoms with E-state index in [1.165, 1.54) is 12.3 Å². The topological polar surface area (TPSA) is 22.1 Å². The van der Waals surface area contributed by atoms with Crippen LogP contribution in [0.1, 0.15) is 11.1 Å². The monoisotopic (exact) mass is 301 g/mol. The second-order valence-corrected chi connectivity index (χ2v) is 4.96. The normalized spacial score (nSPS) is 10.8. The fourth-order valence-electron chi connectivity index (χ4n) is 2.28. The largest absolute Gasteiger partial charge is 0.488 e. The Labute approximate surface area is 127 Å². The van der Waals surface area contributed by atoms with Gasteiger partial charge in [-0.3, -0.25) is 4.98 Å². The number of alkyl halides is 1. The molecule has 3 aromatic rings. The third-order valence-corrected chi connectivity index (χ3v) is 3.55. The van der Waals surface area contributed by atoms with Crippen molar-refractivity contribution in [2.24, 2.45) is 0 Å². The summed E-state index contributed by atoms with van der Waals surface area (Å²) in [7, 11) is 0. The molecule has 0 saturated carbocycles. The van der Waals surface area contributed by atoms with Crippen LogP contribution in [0.4, 0.5) is 4.39 Å². The zero-order chi connectivity index (χ0) is 14.7. The quantitative estimate of drug-likeness (QED) is 0.652. The number of pyridine rings is 1. The van der Waals surface area contributed by atoms with E-state index in [4.69, 9.17) is 16.3 Å². The Kier molecular flexibility index (Phi) is 4.02. The molecule has 1 aromatic heterocycles. The van der Waals surface area contributed by atoms with Crippen molar-refractivity contribution in [3.63, 3.8) is 0 Å². The van der Waals surface area contributed by atoms with Crippen LogP contribution in [0.5, 0.6) is 5.75 Å². The molecule has 0 aliphatic rings. The molecule has 4 heteroatoms. The number of ether oxygens (including phenoxy) is 1. The van der Waals surface area contributed by atoms with Crippen molar-refractivity contribution in [2.45, 2.75) is 12.5 Å². The first kappa shape index (κ1) is 13.8. The van der Waals surface area contributed by atoms with E-state index in [2.05, 4.69) is 4.98 Å². The number of rotatable bonds is 4. The van der Waals surface area contributed by atoms with Crippen molar-refractivity contribution in [3.05, 3.63) is 71.8 Å². The number of benzene rings is 2. The molecule has 106 valence electrons. The maximum atomic E-state index is 13.1. The fourth-order valence-corrected chi connectivity index (χ4v) is 2.56. The highest BCUT2D eigenvalue weighted by molar-refractivity contribution is 6.18. The van der Waals surface area contributed by atoms with Crippen molar-refractivity contribution in [2.75, 3.05) is 0 Å². The third-order valence-electron chi connectivity index (χ3n) is 3.29. The van der Waals surface area contributed by atoms with Crippen LogP contribution < -0.4 is 4.74 Å². The minimum Gasteiger partial charge on any atom is -0.488 e. The van der Waals surface area contributed by atoms with Crippen LogP contribution in [0.2, 0.25) is 0 Å². The Bertz CT molecular complexity index is 776. The molecule has 0 radical (unpaired) electrons. The minimum atomic E-state index is -0.368. The van der Waals surface area contributed by atoms with E-state index >= 15 is 0 Å². The summed E-state index contributed by atoms with van der Waals surface area (Å²) in [4.78, 5) is 3.81. The number of aromatic nitrogens is 1. The molecule has 0 aliphatic heterocycles. The fraction of sp³-hybridized carbons (Fsp3) is 0.118. The van der Waals surface area contributed by atoms with Gasteiger partial charge in [-0.1, -0.05) is 30.3 Å². The lowest BCUT2D eigenvalue weighted by atomic mass is 10.0. The van der Waals surface area contributed by atoms with Gasteiger partial charge in [-0.2, -0.15) is 0 Å². The number of hydrogen-bond donors (Lipinski definition) is 0. The number of nitrogens with zero attached hydrogens (tertiary/aromatic N) is 1. The average molecular weight is 302 g/mol. The molecule has 1 heterocycles. The molecule has 0 atom stereocenters. The highest BCUT2D eigenvalue weighted by atomic mass is 35.5. The average Bonchev–Trinajstić information content (AvgIpc) is 2.52. The zero-order valence-corrected chi connectivity index (χ0v) is 12.0.